The Morgan fingerprint density at radius 3 is 3.00 bits per heavy atom. The van der Waals surface area contributed by atoms with Crippen LogP contribution >= 0.6 is 0 Å². The van der Waals surface area contributed by atoms with E-state index in [0.29, 0.717) is 6.04 Å². The monoisotopic (exact) mass is 174 g/mol. The molecular formula is C9H10N4. The Kier molecular flexibility index (Phi) is 1.17. The predicted octanol–water partition coefficient (Wildman–Crippen LogP) is 1.35. The van der Waals surface area contributed by atoms with Gasteiger partial charge in [0.1, 0.15) is 5.52 Å². The standard InChI is InChI=1S/C9H10N4/c10-7-3-11-4-8-9(7)13(5-12-8)6-1-2-6/h3-6H,1-2,10H2. The number of imidazole rings is 1. The third kappa shape index (κ3) is 0.915. The van der Waals surface area contributed by atoms with E-state index in [1.807, 2.05) is 6.33 Å². The van der Waals surface area contributed by atoms with E-state index in [2.05, 4.69) is 14.5 Å². The molecule has 1 aliphatic rings. The van der Waals surface area contributed by atoms with Gasteiger partial charge in [0.2, 0.25) is 0 Å². The second-order valence-electron chi connectivity index (χ2n) is 3.48. The molecule has 2 aromatic heterocycles. The van der Waals surface area contributed by atoms with Crippen LogP contribution in [0.3, 0.4) is 0 Å². The van der Waals surface area contributed by atoms with Crippen LogP contribution in [0, 0.1) is 0 Å². The average molecular weight is 174 g/mol. The number of hydrogen-bond acceptors (Lipinski definition) is 3. The fourth-order valence-electron chi connectivity index (χ4n) is 1.65. The first-order chi connectivity index (χ1) is 6.36. The van der Waals surface area contributed by atoms with Crippen molar-refractivity contribution in [2.75, 3.05) is 5.73 Å². The largest absolute Gasteiger partial charge is 0.396 e. The maximum Gasteiger partial charge on any atom is 0.109 e. The van der Waals surface area contributed by atoms with Gasteiger partial charge in [0.25, 0.3) is 0 Å². The van der Waals surface area contributed by atoms with Crippen molar-refractivity contribution in [3.8, 4) is 0 Å². The summed E-state index contributed by atoms with van der Waals surface area (Å²) in [5.74, 6) is 0. The van der Waals surface area contributed by atoms with Crippen LogP contribution in [0.1, 0.15) is 18.9 Å². The fourth-order valence-corrected chi connectivity index (χ4v) is 1.65. The lowest BCUT2D eigenvalue weighted by molar-refractivity contribution is 0.766. The summed E-state index contributed by atoms with van der Waals surface area (Å²) in [5.41, 5.74) is 8.50. The van der Waals surface area contributed by atoms with Gasteiger partial charge in [-0.15, -0.1) is 0 Å². The molecular weight excluding hydrogens is 164 g/mol. The van der Waals surface area contributed by atoms with Crippen molar-refractivity contribution < 1.29 is 0 Å². The molecule has 0 saturated heterocycles. The lowest BCUT2D eigenvalue weighted by Gasteiger charge is -2.02. The normalized spacial score (nSPS) is 16.6. The first-order valence-corrected chi connectivity index (χ1v) is 4.42. The van der Waals surface area contributed by atoms with Crippen molar-refractivity contribution in [3.05, 3.63) is 18.7 Å². The molecule has 0 unspecified atom stereocenters. The molecule has 0 amide bonds. The topological polar surface area (TPSA) is 56.7 Å². The summed E-state index contributed by atoms with van der Waals surface area (Å²) in [4.78, 5) is 8.27. The van der Waals surface area contributed by atoms with Crippen LogP contribution in [0.4, 0.5) is 5.69 Å². The molecule has 2 aromatic rings. The van der Waals surface area contributed by atoms with Crippen LogP contribution in [0.5, 0.6) is 0 Å². The van der Waals surface area contributed by atoms with E-state index < -0.39 is 0 Å². The van der Waals surface area contributed by atoms with E-state index in [1.165, 1.54) is 12.8 Å². The van der Waals surface area contributed by atoms with Crippen LogP contribution in [-0.2, 0) is 0 Å². The third-order valence-corrected chi connectivity index (χ3v) is 2.45. The minimum absolute atomic E-state index is 0.620. The van der Waals surface area contributed by atoms with Gasteiger partial charge < -0.3 is 10.3 Å². The Morgan fingerprint density at radius 1 is 1.38 bits per heavy atom. The minimum Gasteiger partial charge on any atom is -0.396 e. The molecule has 0 atom stereocenters. The second-order valence-corrected chi connectivity index (χ2v) is 3.48. The van der Waals surface area contributed by atoms with Crippen molar-refractivity contribution in [3.63, 3.8) is 0 Å². The Morgan fingerprint density at radius 2 is 2.23 bits per heavy atom. The van der Waals surface area contributed by atoms with Crippen LogP contribution in [-0.4, -0.2) is 14.5 Å². The number of hydrogen-bond donors (Lipinski definition) is 1. The fraction of sp³-hybridized carbons (Fsp3) is 0.333. The highest BCUT2D eigenvalue weighted by Crippen LogP contribution is 2.37. The summed E-state index contributed by atoms with van der Waals surface area (Å²) in [6.07, 6.45) is 7.79. The van der Waals surface area contributed by atoms with Crippen LogP contribution in [0.15, 0.2) is 18.7 Å². The molecule has 2 N–H and O–H groups in total. The average Bonchev–Trinajstić information content (AvgIpc) is 2.87. The van der Waals surface area contributed by atoms with E-state index in [0.717, 1.165) is 16.7 Å². The molecule has 0 aliphatic heterocycles. The zero-order chi connectivity index (χ0) is 8.84. The summed E-state index contributed by atoms with van der Waals surface area (Å²) in [6.45, 7) is 0. The van der Waals surface area contributed by atoms with Gasteiger partial charge in [-0.05, 0) is 12.8 Å². The predicted molar refractivity (Wildman–Crippen MR) is 50.2 cm³/mol. The van der Waals surface area contributed by atoms with E-state index in [-0.39, 0.29) is 0 Å². The van der Waals surface area contributed by atoms with Gasteiger partial charge in [0.15, 0.2) is 0 Å². The highest BCUT2D eigenvalue weighted by molar-refractivity contribution is 5.86. The number of aromatic nitrogens is 3. The van der Waals surface area contributed by atoms with E-state index >= 15 is 0 Å². The van der Waals surface area contributed by atoms with E-state index in [1.54, 1.807) is 12.4 Å². The second kappa shape index (κ2) is 2.22. The molecule has 1 aliphatic carbocycles. The molecule has 0 spiro atoms. The number of anilines is 1. The number of nitrogen functional groups attached to an aromatic ring is 1. The molecule has 0 aromatic carbocycles. The molecule has 66 valence electrons. The molecule has 0 radical (unpaired) electrons. The summed E-state index contributed by atoms with van der Waals surface area (Å²) in [6, 6.07) is 0.620. The third-order valence-electron chi connectivity index (χ3n) is 2.45. The van der Waals surface area contributed by atoms with Gasteiger partial charge in [0.05, 0.1) is 29.9 Å². The molecule has 4 heteroatoms. The first-order valence-electron chi connectivity index (χ1n) is 4.42. The van der Waals surface area contributed by atoms with Crippen LogP contribution in [0.25, 0.3) is 11.0 Å². The molecule has 1 saturated carbocycles. The number of nitrogens with two attached hydrogens (primary N) is 1. The van der Waals surface area contributed by atoms with Gasteiger partial charge >= 0.3 is 0 Å². The molecule has 3 rings (SSSR count). The van der Waals surface area contributed by atoms with Crippen molar-refractivity contribution >= 4 is 16.7 Å². The quantitative estimate of drug-likeness (QED) is 0.709. The van der Waals surface area contributed by atoms with Crippen LogP contribution < -0.4 is 5.73 Å². The molecule has 4 nitrogen and oxygen atoms in total. The molecule has 2 heterocycles. The lowest BCUT2D eigenvalue weighted by atomic mass is 10.3. The Bertz CT molecular complexity index is 456. The smallest absolute Gasteiger partial charge is 0.109 e. The Labute approximate surface area is 75.4 Å². The minimum atomic E-state index is 0.620. The van der Waals surface area contributed by atoms with Gasteiger partial charge in [-0.1, -0.05) is 0 Å². The first kappa shape index (κ1) is 6.88. The number of nitrogens with zero attached hydrogens (tertiary/aromatic N) is 3. The maximum atomic E-state index is 5.84. The molecule has 13 heavy (non-hydrogen) atoms. The zero-order valence-corrected chi connectivity index (χ0v) is 7.14. The van der Waals surface area contributed by atoms with Crippen molar-refractivity contribution in [2.24, 2.45) is 0 Å². The van der Waals surface area contributed by atoms with Gasteiger partial charge in [-0.25, -0.2) is 4.98 Å². The Balaban J connectivity index is 2.34. The Hall–Kier alpha value is -1.58. The van der Waals surface area contributed by atoms with Gasteiger partial charge in [-0.2, -0.15) is 0 Å². The molecule has 1 fully saturated rings. The highest BCUT2D eigenvalue weighted by atomic mass is 15.1. The number of fused-ring (bicyclic) bond motifs is 1. The molecule has 0 bridgehead atoms. The summed E-state index contributed by atoms with van der Waals surface area (Å²) in [5, 5.41) is 0. The maximum absolute atomic E-state index is 5.84. The van der Waals surface area contributed by atoms with Gasteiger partial charge in [0, 0.05) is 6.04 Å². The number of pyridine rings is 1. The van der Waals surface area contributed by atoms with E-state index in [4.69, 9.17) is 5.73 Å². The van der Waals surface area contributed by atoms with Crippen molar-refractivity contribution in [1.29, 1.82) is 0 Å². The van der Waals surface area contributed by atoms with Crippen molar-refractivity contribution in [2.45, 2.75) is 18.9 Å². The zero-order valence-electron chi connectivity index (χ0n) is 7.14. The van der Waals surface area contributed by atoms with Crippen molar-refractivity contribution in [1.82, 2.24) is 14.5 Å². The highest BCUT2D eigenvalue weighted by Gasteiger charge is 2.25. The summed E-state index contributed by atoms with van der Waals surface area (Å²) >= 11 is 0. The van der Waals surface area contributed by atoms with E-state index in [9.17, 15) is 0 Å². The van der Waals surface area contributed by atoms with Gasteiger partial charge in [-0.3, -0.25) is 4.98 Å². The summed E-state index contributed by atoms with van der Waals surface area (Å²) in [7, 11) is 0. The lowest BCUT2D eigenvalue weighted by Crippen LogP contribution is -1.95. The number of rotatable bonds is 1. The summed E-state index contributed by atoms with van der Waals surface area (Å²) < 4.78 is 2.16. The van der Waals surface area contributed by atoms with Crippen LogP contribution in [0.2, 0.25) is 0 Å². The SMILES string of the molecule is Nc1cncc2ncn(C3CC3)c12.